The summed E-state index contributed by atoms with van der Waals surface area (Å²) >= 11 is 0. The maximum atomic E-state index is 11.4. The van der Waals surface area contributed by atoms with E-state index in [-0.39, 0.29) is 17.7 Å². The summed E-state index contributed by atoms with van der Waals surface area (Å²) in [5.74, 6) is -1.46. The average molecular weight is 250 g/mol. The largest absolute Gasteiger partial charge is 0.481 e. The minimum atomic E-state index is -1.01. The Balaban J connectivity index is 2.46. The summed E-state index contributed by atoms with van der Waals surface area (Å²) in [7, 11) is 0. The zero-order valence-electron chi connectivity index (χ0n) is 10.9. The van der Waals surface area contributed by atoms with Gasteiger partial charge in [-0.3, -0.25) is 9.59 Å². The summed E-state index contributed by atoms with van der Waals surface area (Å²) in [6.45, 7) is 5.25. The average Bonchev–Trinajstić information content (AvgIpc) is 2.92. The minimum absolute atomic E-state index is 0.00602. The molecule has 0 saturated heterocycles. The molecule has 0 aromatic carbocycles. The molecule has 2 saturated carbocycles. The first-order chi connectivity index (χ1) is 8.36. The lowest BCUT2D eigenvalue weighted by molar-refractivity contribution is -0.141. The van der Waals surface area contributed by atoms with Crippen molar-refractivity contribution >= 4 is 11.9 Å². The number of carboxylic acids is 1. The van der Waals surface area contributed by atoms with E-state index in [4.69, 9.17) is 0 Å². The summed E-state index contributed by atoms with van der Waals surface area (Å²) in [5, 5.41) is 21.6. The number of nitrogens with one attached hydrogen (secondary N) is 1. The number of aliphatic carboxylic acids is 1. The van der Waals surface area contributed by atoms with E-state index < -0.39 is 22.8 Å². The fourth-order valence-electron chi connectivity index (χ4n) is 4.43. The second-order valence-electron chi connectivity index (χ2n) is 5.62. The Hall–Kier alpha value is -1.57. The van der Waals surface area contributed by atoms with E-state index in [9.17, 15) is 20.0 Å². The number of nitrogens with zero attached hydrogens (tertiary/aromatic N) is 1. The third-order valence-electron chi connectivity index (χ3n) is 4.87. The Morgan fingerprint density at radius 3 is 2.50 bits per heavy atom. The van der Waals surface area contributed by atoms with Gasteiger partial charge >= 0.3 is 5.97 Å². The van der Waals surface area contributed by atoms with Gasteiger partial charge in [-0.2, -0.15) is 5.26 Å². The number of carboxylic acid groups (broad SMARTS) is 1. The van der Waals surface area contributed by atoms with E-state index in [1.165, 1.54) is 6.92 Å². The van der Waals surface area contributed by atoms with E-state index in [0.29, 0.717) is 12.8 Å². The molecule has 98 valence electrons. The molecule has 5 nitrogen and oxygen atoms in total. The van der Waals surface area contributed by atoms with E-state index in [2.05, 4.69) is 11.4 Å². The first-order valence-corrected chi connectivity index (χ1v) is 6.29. The minimum Gasteiger partial charge on any atom is -0.481 e. The van der Waals surface area contributed by atoms with Crippen molar-refractivity contribution in [2.75, 3.05) is 0 Å². The second kappa shape index (κ2) is 3.71. The monoisotopic (exact) mass is 250 g/mol. The predicted octanol–water partition coefficient (Wildman–Crippen LogP) is 1.15. The summed E-state index contributed by atoms with van der Waals surface area (Å²) in [6, 6.07) is 2.21. The molecule has 2 rings (SSSR count). The number of carbonyl (C=O) groups excluding carboxylic acids is 1. The molecule has 0 aromatic rings. The highest BCUT2D eigenvalue weighted by molar-refractivity contribution is 5.80. The van der Waals surface area contributed by atoms with Gasteiger partial charge < -0.3 is 10.4 Å². The van der Waals surface area contributed by atoms with Crippen LogP contribution in [0.15, 0.2) is 0 Å². The van der Waals surface area contributed by atoms with Crippen molar-refractivity contribution in [1.29, 1.82) is 5.26 Å². The maximum Gasteiger partial charge on any atom is 0.307 e. The zero-order chi connectivity index (χ0) is 13.7. The lowest BCUT2D eigenvalue weighted by Gasteiger charge is -2.33. The highest BCUT2D eigenvalue weighted by Gasteiger charge is 2.82. The quantitative estimate of drug-likeness (QED) is 0.786. The van der Waals surface area contributed by atoms with Gasteiger partial charge in [-0.25, -0.2) is 0 Å². The predicted molar refractivity (Wildman–Crippen MR) is 63.3 cm³/mol. The number of amides is 1. The van der Waals surface area contributed by atoms with Gasteiger partial charge in [0.1, 0.15) is 5.54 Å². The molecule has 0 radical (unpaired) electrons. The Morgan fingerprint density at radius 2 is 2.17 bits per heavy atom. The summed E-state index contributed by atoms with van der Waals surface area (Å²) in [5.41, 5.74) is -1.60. The number of rotatable bonds is 3. The van der Waals surface area contributed by atoms with Crippen molar-refractivity contribution in [3.8, 4) is 6.07 Å². The molecule has 1 amide bonds. The fraction of sp³-hybridized carbons (Fsp3) is 0.769. The molecule has 5 heteroatoms. The van der Waals surface area contributed by atoms with Gasteiger partial charge in [0.25, 0.3) is 0 Å². The van der Waals surface area contributed by atoms with Gasteiger partial charge in [-0.1, -0.05) is 13.8 Å². The van der Waals surface area contributed by atoms with Crippen molar-refractivity contribution < 1.29 is 14.7 Å². The van der Waals surface area contributed by atoms with E-state index in [1.54, 1.807) is 0 Å². The molecular weight excluding hydrogens is 232 g/mol. The van der Waals surface area contributed by atoms with Gasteiger partial charge in [0.05, 0.1) is 12.0 Å². The molecule has 2 fully saturated rings. The van der Waals surface area contributed by atoms with Crippen LogP contribution in [-0.2, 0) is 9.59 Å². The standard InChI is InChI=1S/C13H18N2O3/c1-4-13-9(10(13)11(17)18)7(2)5-12(13,6-14)15-8(3)16/h7,9-10H,4-5H2,1-3H3,(H,15,16)(H,17,18). The van der Waals surface area contributed by atoms with Crippen molar-refractivity contribution in [3.63, 3.8) is 0 Å². The molecule has 0 aliphatic heterocycles. The van der Waals surface area contributed by atoms with Crippen LogP contribution in [-0.4, -0.2) is 22.5 Å². The molecule has 2 aliphatic rings. The summed E-state index contributed by atoms with van der Waals surface area (Å²) < 4.78 is 0. The molecule has 18 heavy (non-hydrogen) atoms. The molecule has 0 spiro atoms. The van der Waals surface area contributed by atoms with E-state index in [1.807, 2.05) is 13.8 Å². The van der Waals surface area contributed by atoms with E-state index >= 15 is 0 Å². The van der Waals surface area contributed by atoms with Crippen molar-refractivity contribution in [2.24, 2.45) is 23.2 Å². The van der Waals surface area contributed by atoms with Gasteiger partial charge in [0, 0.05) is 12.3 Å². The summed E-state index contributed by atoms with van der Waals surface area (Å²) in [4.78, 5) is 22.7. The molecular formula is C13H18N2O3. The normalized spacial score (nSPS) is 44.9. The third kappa shape index (κ3) is 1.26. The third-order valence-corrected chi connectivity index (χ3v) is 4.87. The number of hydrogen-bond donors (Lipinski definition) is 2. The Kier molecular flexibility index (Phi) is 2.65. The van der Waals surface area contributed by atoms with Crippen molar-refractivity contribution in [3.05, 3.63) is 0 Å². The van der Waals surface area contributed by atoms with Crippen LogP contribution in [0.25, 0.3) is 0 Å². The molecule has 5 unspecified atom stereocenters. The van der Waals surface area contributed by atoms with Crippen LogP contribution < -0.4 is 5.32 Å². The van der Waals surface area contributed by atoms with E-state index in [0.717, 1.165) is 0 Å². The van der Waals surface area contributed by atoms with Crippen LogP contribution in [0.1, 0.15) is 33.6 Å². The molecule has 0 heterocycles. The van der Waals surface area contributed by atoms with Gasteiger partial charge in [0.2, 0.25) is 5.91 Å². The molecule has 2 N–H and O–H groups in total. The molecule has 2 aliphatic carbocycles. The van der Waals surface area contributed by atoms with Crippen LogP contribution in [0.4, 0.5) is 0 Å². The van der Waals surface area contributed by atoms with Crippen LogP contribution in [0.5, 0.6) is 0 Å². The molecule has 5 atom stereocenters. The summed E-state index contributed by atoms with van der Waals surface area (Å²) in [6.07, 6.45) is 1.15. The second-order valence-corrected chi connectivity index (χ2v) is 5.62. The number of hydrogen-bond acceptors (Lipinski definition) is 3. The highest BCUT2D eigenvalue weighted by atomic mass is 16.4. The smallest absolute Gasteiger partial charge is 0.307 e. The maximum absolute atomic E-state index is 11.4. The SMILES string of the molecule is CCC12C(C(=O)O)C1C(C)CC2(C#N)NC(C)=O. The van der Waals surface area contributed by atoms with Crippen molar-refractivity contribution in [1.82, 2.24) is 5.32 Å². The fourth-order valence-corrected chi connectivity index (χ4v) is 4.43. The van der Waals surface area contributed by atoms with Gasteiger partial charge in [-0.05, 0) is 24.7 Å². The number of fused-ring (bicyclic) bond motifs is 1. The number of nitriles is 1. The van der Waals surface area contributed by atoms with Crippen molar-refractivity contribution in [2.45, 2.75) is 39.2 Å². The van der Waals surface area contributed by atoms with Gasteiger partial charge in [0.15, 0.2) is 0 Å². The highest BCUT2D eigenvalue weighted by Crippen LogP contribution is 2.75. The first kappa shape index (κ1) is 12.9. The zero-order valence-corrected chi connectivity index (χ0v) is 10.9. The topological polar surface area (TPSA) is 90.2 Å². The van der Waals surface area contributed by atoms with Crippen LogP contribution in [0.3, 0.4) is 0 Å². The Labute approximate surface area is 106 Å². The van der Waals surface area contributed by atoms with Gasteiger partial charge in [-0.15, -0.1) is 0 Å². The number of carbonyl (C=O) groups is 2. The molecule has 0 aromatic heterocycles. The van der Waals surface area contributed by atoms with Crippen LogP contribution in [0.2, 0.25) is 0 Å². The lowest BCUT2D eigenvalue weighted by Crippen LogP contribution is -2.53. The lowest BCUT2D eigenvalue weighted by atomic mass is 9.77. The Morgan fingerprint density at radius 1 is 1.56 bits per heavy atom. The first-order valence-electron chi connectivity index (χ1n) is 6.29. The Bertz CT molecular complexity index is 456. The van der Waals surface area contributed by atoms with Crippen LogP contribution in [0, 0.1) is 34.5 Å². The molecule has 0 bridgehead atoms. The van der Waals surface area contributed by atoms with Crippen LogP contribution >= 0.6 is 0 Å².